The zero-order valence-corrected chi connectivity index (χ0v) is 11.6. The van der Waals surface area contributed by atoms with Crippen LogP contribution in [0.15, 0.2) is 30.4 Å². The molecule has 1 rings (SSSR count). The topological polar surface area (TPSA) is 64.4 Å². The number of hydrogen-bond donors (Lipinski definition) is 1. The molecule has 19 heavy (non-hydrogen) atoms. The number of anilines is 1. The molecule has 0 aromatic heterocycles. The number of nitro benzene ring substituents is 1. The number of nitrogens with zero attached hydrogens (tertiary/aromatic N) is 1. The maximum atomic E-state index is 10.9. The molecule has 0 amide bonds. The Hall–Kier alpha value is -2.04. The minimum atomic E-state index is -0.429. The van der Waals surface area contributed by atoms with E-state index in [-0.39, 0.29) is 11.8 Å². The zero-order chi connectivity index (χ0) is 14.3. The maximum absolute atomic E-state index is 10.9. The van der Waals surface area contributed by atoms with Crippen molar-refractivity contribution in [2.75, 3.05) is 11.9 Å². The van der Waals surface area contributed by atoms with Crippen molar-refractivity contribution in [3.8, 4) is 5.75 Å². The van der Waals surface area contributed by atoms with Crippen LogP contribution in [0.25, 0.3) is 0 Å². The van der Waals surface area contributed by atoms with Crippen LogP contribution in [-0.4, -0.2) is 17.6 Å². The minimum absolute atomic E-state index is 0.00676. The lowest BCUT2D eigenvalue weighted by atomic mass is 10.2. The molecule has 1 aromatic carbocycles. The van der Waals surface area contributed by atoms with Crippen LogP contribution in [0.3, 0.4) is 0 Å². The largest absolute Gasteiger partial charge is 0.484 e. The summed E-state index contributed by atoms with van der Waals surface area (Å²) in [6.45, 7) is 6.44. The van der Waals surface area contributed by atoms with Gasteiger partial charge in [-0.2, -0.15) is 0 Å². The Morgan fingerprint density at radius 1 is 1.47 bits per heavy atom. The van der Waals surface area contributed by atoms with E-state index in [0.717, 1.165) is 18.7 Å². The average molecular weight is 264 g/mol. The first-order valence-electron chi connectivity index (χ1n) is 6.34. The third kappa shape index (κ3) is 4.99. The number of nitrogens with one attached hydrogen (secondary N) is 1. The molecule has 5 nitrogen and oxygen atoms in total. The Balaban J connectivity index is 2.82. The summed E-state index contributed by atoms with van der Waals surface area (Å²) < 4.78 is 5.48. The van der Waals surface area contributed by atoms with Crippen LogP contribution < -0.4 is 10.1 Å². The molecule has 0 fully saturated rings. The van der Waals surface area contributed by atoms with Crippen LogP contribution in [0.1, 0.15) is 27.2 Å². The number of benzene rings is 1. The molecule has 0 heterocycles. The number of nitro groups is 1. The number of hydrogen-bond acceptors (Lipinski definition) is 4. The fraction of sp³-hybridized carbons (Fsp3) is 0.429. The highest BCUT2D eigenvalue weighted by atomic mass is 16.6. The van der Waals surface area contributed by atoms with Crippen molar-refractivity contribution in [2.24, 2.45) is 0 Å². The van der Waals surface area contributed by atoms with Crippen LogP contribution >= 0.6 is 0 Å². The lowest BCUT2D eigenvalue weighted by Crippen LogP contribution is -2.08. The van der Waals surface area contributed by atoms with Crippen molar-refractivity contribution in [1.82, 2.24) is 0 Å². The van der Waals surface area contributed by atoms with E-state index in [1.165, 1.54) is 6.07 Å². The van der Waals surface area contributed by atoms with Crippen molar-refractivity contribution in [2.45, 2.75) is 33.3 Å². The molecule has 0 aliphatic rings. The van der Waals surface area contributed by atoms with Gasteiger partial charge in [-0.25, -0.2) is 0 Å². The monoisotopic (exact) mass is 264 g/mol. The molecule has 0 radical (unpaired) electrons. The highest BCUT2D eigenvalue weighted by Crippen LogP contribution is 2.30. The molecule has 104 valence electrons. The maximum Gasteiger partial charge on any atom is 0.311 e. The quantitative estimate of drug-likeness (QED) is 0.352. The number of rotatable bonds is 7. The van der Waals surface area contributed by atoms with Gasteiger partial charge in [0.1, 0.15) is 0 Å². The molecule has 0 spiro atoms. The van der Waals surface area contributed by atoms with Crippen molar-refractivity contribution >= 4 is 11.4 Å². The molecule has 5 heteroatoms. The normalized spacial score (nSPS) is 10.9. The van der Waals surface area contributed by atoms with Crippen LogP contribution in [0.2, 0.25) is 0 Å². The SMILES string of the molecule is C/C=C/CCNc1ccc([N+](=O)[O-])c(OC(C)C)c1. The average Bonchev–Trinajstić information content (AvgIpc) is 2.34. The minimum Gasteiger partial charge on any atom is -0.484 e. The highest BCUT2D eigenvalue weighted by Gasteiger charge is 2.16. The lowest BCUT2D eigenvalue weighted by Gasteiger charge is -2.12. The summed E-state index contributed by atoms with van der Waals surface area (Å²) in [5, 5.41) is 14.1. The molecule has 1 N–H and O–H groups in total. The van der Waals surface area contributed by atoms with Gasteiger partial charge < -0.3 is 10.1 Å². The van der Waals surface area contributed by atoms with Gasteiger partial charge in [0, 0.05) is 24.4 Å². The van der Waals surface area contributed by atoms with Gasteiger partial charge in [0.2, 0.25) is 0 Å². The van der Waals surface area contributed by atoms with Crippen LogP contribution in [-0.2, 0) is 0 Å². The summed E-state index contributed by atoms with van der Waals surface area (Å²) >= 11 is 0. The van der Waals surface area contributed by atoms with E-state index in [4.69, 9.17) is 4.74 Å². The van der Waals surface area contributed by atoms with Gasteiger partial charge in [0.15, 0.2) is 5.75 Å². The van der Waals surface area contributed by atoms with Gasteiger partial charge in [0.05, 0.1) is 11.0 Å². The van der Waals surface area contributed by atoms with Crippen molar-refractivity contribution in [3.05, 3.63) is 40.5 Å². The second-order valence-electron chi connectivity index (χ2n) is 4.39. The highest BCUT2D eigenvalue weighted by molar-refractivity contribution is 5.58. The van der Waals surface area contributed by atoms with Crippen molar-refractivity contribution in [3.63, 3.8) is 0 Å². The standard InChI is InChI=1S/C14H20N2O3/c1-4-5-6-9-15-12-7-8-13(16(17)18)14(10-12)19-11(2)3/h4-5,7-8,10-11,15H,6,9H2,1-3H3/b5-4+. The first-order chi connectivity index (χ1) is 9.04. The van der Waals surface area contributed by atoms with E-state index >= 15 is 0 Å². The summed E-state index contributed by atoms with van der Waals surface area (Å²) in [6, 6.07) is 4.84. The van der Waals surface area contributed by atoms with E-state index in [0.29, 0.717) is 5.75 Å². The molecular weight excluding hydrogens is 244 g/mol. The molecule has 1 aromatic rings. The summed E-state index contributed by atoms with van der Waals surface area (Å²) in [5.74, 6) is 0.302. The van der Waals surface area contributed by atoms with Crippen molar-refractivity contribution < 1.29 is 9.66 Å². The molecule has 0 aliphatic heterocycles. The summed E-state index contributed by atoms with van der Waals surface area (Å²) in [5.41, 5.74) is 0.818. The van der Waals surface area contributed by atoms with E-state index in [9.17, 15) is 10.1 Å². The molecular formula is C14H20N2O3. The fourth-order valence-corrected chi connectivity index (χ4v) is 1.59. The third-order valence-electron chi connectivity index (χ3n) is 2.40. The van der Waals surface area contributed by atoms with Crippen LogP contribution in [0.5, 0.6) is 5.75 Å². The van der Waals surface area contributed by atoms with Gasteiger partial charge in [-0.3, -0.25) is 10.1 Å². The third-order valence-corrected chi connectivity index (χ3v) is 2.40. The zero-order valence-electron chi connectivity index (χ0n) is 11.6. The van der Waals surface area contributed by atoms with Gasteiger partial charge in [0.25, 0.3) is 0 Å². The fourth-order valence-electron chi connectivity index (χ4n) is 1.59. The van der Waals surface area contributed by atoms with Gasteiger partial charge in [-0.05, 0) is 33.3 Å². The first kappa shape index (κ1) is 15.0. The first-order valence-corrected chi connectivity index (χ1v) is 6.34. The van der Waals surface area contributed by atoms with E-state index in [1.807, 2.05) is 26.8 Å². The second-order valence-corrected chi connectivity index (χ2v) is 4.39. The van der Waals surface area contributed by atoms with Gasteiger partial charge in [-0.15, -0.1) is 0 Å². The van der Waals surface area contributed by atoms with Crippen LogP contribution in [0, 0.1) is 10.1 Å². The molecule has 0 unspecified atom stereocenters. The molecule has 0 atom stereocenters. The summed E-state index contributed by atoms with van der Waals surface area (Å²) in [4.78, 5) is 10.5. The lowest BCUT2D eigenvalue weighted by molar-refractivity contribution is -0.386. The predicted octanol–water partition coefficient (Wildman–Crippen LogP) is 3.76. The molecule has 0 bridgehead atoms. The van der Waals surface area contributed by atoms with E-state index in [2.05, 4.69) is 11.4 Å². The number of allylic oxidation sites excluding steroid dienone is 1. The Labute approximate surface area is 113 Å². The second kappa shape index (κ2) is 7.41. The van der Waals surface area contributed by atoms with Crippen LogP contribution in [0.4, 0.5) is 11.4 Å². The molecule has 0 saturated heterocycles. The number of ether oxygens (including phenoxy) is 1. The molecule has 0 saturated carbocycles. The Morgan fingerprint density at radius 2 is 2.21 bits per heavy atom. The summed E-state index contributed by atoms with van der Waals surface area (Å²) in [7, 11) is 0. The van der Waals surface area contributed by atoms with Gasteiger partial charge >= 0.3 is 5.69 Å². The Bertz CT molecular complexity index is 456. The van der Waals surface area contributed by atoms with Crippen molar-refractivity contribution in [1.29, 1.82) is 0 Å². The predicted molar refractivity (Wildman–Crippen MR) is 76.8 cm³/mol. The summed E-state index contributed by atoms with van der Waals surface area (Å²) in [6.07, 6.45) is 4.86. The van der Waals surface area contributed by atoms with Gasteiger partial charge in [-0.1, -0.05) is 12.2 Å². The van der Waals surface area contributed by atoms with E-state index < -0.39 is 4.92 Å². The molecule has 0 aliphatic carbocycles. The smallest absolute Gasteiger partial charge is 0.311 e. The Morgan fingerprint density at radius 3 is 2.79 bits per heavy atom. The van der Waals surface area contributed by atoms with E-state index in [1.54, 1.807) is 12.1 Å². The Kier molecular flexibility index (Phi) is 5.85.